The molecule has 0 radical (unpaired) electrons. The Hall–Kier alpha value is -0.570. The van der Waals surface area contributed by atoms with Crippen LogP contribution in [-0.2, 0) is 9.53 Å². The third-order valence-corrected chi connectivity index (χ3v) is 5.71. The number of rotatable bonds is 3. The van der Waals surface area contributed by atoms with Crippen LogP contribution in [0, 0.1) is 16.2 Å². The zero-order valence-corrected chi connectivity index (χ0v) is 15.5. The average molecular weight is 310 g/mol. The van der Waals surface area contributed by atoms with Crippen LogP contribution in [0.2, 0.25) is 0 Å². The van der Waals surface area contributed by atoms with Crippen LogP contribution >= 0.6 is 0 Å². The molecule has 1 N–H and O–H groups in total. The quantitative estimate of drug-likeness (QED) is 0.783. The second-order valence-corrected chi connectivity index (χ2v) is 10.2. The van der Waals surface area contributed by atoms with Crippen molar-refractivity contribution in [2.24, 2.45) is 16.2 Å². The van der Waals surface area contributed by atoms with Crippen LogP contribution in [-0.4, -0.2) is 22.3 Å². The van der Waals surface area contributed by atoms with E-state index in [4.69, 9.17) is 4.74 Å². The summed E-state index contributed by atoms with van der Waals surface area (Å²) < 4.78 is 6.14. The number of hydrogen-bond acceptors (Lipinski definition) is 3. The molecule has 2 rings (SSSR count). The van der Waals surface area contributed by atoms with Gasteiger partial charge in [-0.25, -0.2) is 0 Å². The number of carbonyl (C=O) groups is 1. The minimum absolute atomic E-state index is 0.0418. The van der Waals surface area contributed by atoms with Crippen LogP contribution in [0.5, 0.6) is 0 Å². The number of esters is 1. The summed E-state index contributed by atoms with van der Waals surface area (Å²) in [7, 11) is 0. The topological polar surface area (TPSA) is 46.5 Å². The maximum atomic E-state index is 12.7. The van der Waals surface area contributed by atoms with Crippen LogP contribution in [0.15, 0.2) is 0 Å². The highest BCUT2D eigenvalue weighted by Crippen LogP contribution is 2.60. The Bertz CT molecular complexity index is 434. The molecule has 2 saturated carbocycles. The SMILES string of the molecule is CCC(C)(C)C(=O)OC12CC(C)(C)CC(C)(CC(C)(O)C1)C2. The predicted octanol–water partition coefficient (Wildman–Crippen LogP) is 4.47. The van der Waals surface area contributed by atoms with Gasteiger partial charge in [-0.15, -0.1) is 0 Å². The lowest BCUT2D eigenvalue weighted by molar-refractivity contribution is -0.218. The molecule has 3 heteroatoms. The Kier molecular flexibility index (Phi) is 4.01. The summed E-state index contributed by atoms with van der Waals surface area (Å²) >= 11 is 0. The summed E-state index contributed by atoms with van der Waals surface area (Å²) in [5, 5.41) is 10.8. The number of ether oxygens (including phenoxy) is 1. The maximum absolute atomic E-state index is 12.7. The fourth-order valence-corrected chi connectivity index (χ4v) is 5.51. The first-order valence-corrected chi connectivity index (χ1v) is 8.68. The zero-order chi connectivity index (χ0) is 17.0. The molecule has 0 aromatic carbocycles. The molecule has 0 aliphatic heterocycles. The van der Waals surface area contributed by atoms with Crippen LogP contribution < -0.4 is 0 Å². The molecule has 3 nitrogen and oxygen atoms in total. The first-order chi connectivity index (χ1) is 9.72. The highest BCUT2D eigenvalue weighted by Gasteiger charge is 2.59. The third kappa shape index (κ3) is 3.50. The molecule has 2 fully saturated rings. The number of hydrogen-bond donors (Lipinski definition) is 1. The van der Waals surface area contributed by atoms with Gasteiger partial charge < -0.3 is 9.84 Å². The number of aliphatic hydroxyl groups is 1. The molecule has 0 amide bonds. The molecule has 3 unspecified atom stereocenters. The van der Waals surface area contributed by atoms with E-state index >= 15 is 0 Å². The lowest BCUT2D eigenvalue weighted by atomic mass is 9.50. The second kappa shape index (κ2) is 4.96. The van der Waals surface area contributed by atoms with Crippen LogP contribution in [0.4, 0.5) is 0 Å². The van der Waals surface area contributed by atoms with Crippen molar-refractivity contribution in [1.82, 2.24) is 0 Å². The summed E-state index contributed by atoms with van der Waals surface area (Å²) in [5.41, 5.74) is -1.54. The van der Waals surface area contributed by atoms with Crippen LogP contribution in [0.1, 0.15) is 87.0 Å². The van der Waals surface area contributed by atoms with Crippen molar-refractivity contribution in [3.05, 3.63) is 0 Å². The fraction of sp³-hybridized carbons (Fsp3) is 0.947. The molecular formula is C19H34O3. The Morgan fingerprint density at radius 2 is 1.64 bits per heavy atom. The molecule has 128 valence electrons. The van der Waals surface area contributed by atoms with Crippen molar-refractivity contribution in [2.45, 2.75) is 98.2 Å². The van der Waals surface area contributed by atoms with E-state index < -0.39 is 16.6 Å². The summed E-state index contributed by atoms with van der Waals surface area (Å²) in [6.07, 6.45) is 4.92. The van der Waals surface area contributed by atoms with Gasteiger partial charge in [0.05, 0.1) is 11.0 Å². The summed E-state index contributed by atoms with van der Waals surface area (Å²) in [6.45, 7) is 14.6. The van der Waals surface area contributed by atoms with Gasteiger partial charge in [0.25, 0.3) is 0 Å². The van der Waals surface area contributed by atoms with Gasteiger partial charge in [-0.3, -0.25) is 4.79 Å². The third-order valence-electron chi connectivity index (χ3n) is 5.71. The van der Waals surface area contributed by atoms with Crippen molar-refractivity contribution in [2.75, 3.05) is 0 Å². The molecule has 3 atom stereocenters. The molecule has 0 aromatic rings. The minimum Gasteiger partial charge on any atom is -0.459 e. The van der Waals surface area contributed by atoms with E-state index in [0.29, 0.717) is 6.42 Å². The van der Waals surface area contributed by atoms with E-state index in [-0.39, 0.29) is 16.8 Å². The molecule has 2 aliphatic carbocycles. The van der Waals surface area contributed by atoms with E-state index in [1.807, 2.05) is 27.7 Å². The first kappa shape index (κ1) is 17.8. The largest absolute Gasteiger partial charge is 0.459 e. The monoisotopic (exact) mass is 310 g/mol. The van der Waals surface area contributed by atoms with Gasteiger partial charge in [-0.2, -0.15) is 0 Å². The normalized spacial score (nSPS) is 41.1. The van der Waals surface area contributed by atoms with Gasteiger partial charge in [0.2, 0.25) is 0 Å². The Balaban J connectivity index is 2.34. The van der Waals surface area contributed by atoms with Crippen molar-refractivity contribution < 1.29 is 14.6 Å². The van der Waals surface area contributed by atoms with Crippen molar-refractivity contribution in [1.29, 1.82) is 0 Å². The van der Waals surface area contributed by atoms with Crippen LogP contribution in [0.25, 0.3) is 0 Å². The fourth-order valence-electron chi connectivity index (χ4n) is 5.51. The highest BCUT2D eigenvalue weighted by molar-refractivity contribution is 5.76. The van der Waals surface area contributed by atoms with Crippen molar-refractivity contribution in [3.8, 4) is 0 Å². The zero-order valence-electron chi connectivity index (χ0n) is 15.5. The highest BCUT2D eigenvalue weighted by atomic mass is 16.6. The molecular weight excluding hydrogens is 276 g/mol. The van der Waals surface area contributed by atoms with E-state index in [9.17, 15) is 9.90 Å². The van der Waals surface area contributed by atoms with Gasteiger partial charge >= 0.3 is 5.97 Å². The molecule has 0 heterocycles. The van der Waals surface area contributed by atoms with E-state index in [2.05, 4.69) is 20.8 Å². The molecule has 0 aromatic heterocycles. The Morgan fingerprint density at radius 1 is 1.05 bits per heavy atom. The van der Waals surface area contributed by atoms with Crippen molar-refractivity contribution in [3.63, 3.8) is 0 Å². The smallest absolute Gasteiger partial charge is 0.312 e. The number of carbonyl (C=O) groups excluding carboxylic acids is 1. The second-order valence-electron chi connectivity index (χ2n) is 10.2. The van der Waals surface area contributed by atoms with Gasteiger partial charge in [0, 0.05) is 6.42 Å². The molecule has 0 saturated heterocycles. The van der Waals surface area contributed by atoms with Gasteiger partial charge in [-0.1, -0.05) is 27.7 Å². The van der Waals surface area contributed by atoms with E-state index in [1.54, 1.807) is 0 Å². The summed E-state index contributed by atoms with van der Waals surface area (Å²) in [5.74, 6) is -0.118. The lowest BCUT2D eigenvalue weighted by Gasteiger charge is -2.59. The van der Waals surface area contributed by atoms with E-state index in [1.165, 1.54) is 0 Å². The Morgan fingerprint density at radius 3 is 2.18 bits per heavy atom. The predicted molar refractivity (Wildman–Crippen MR) is 88.5 cm³/mol. The Labute approximate surface area is 135 Å². The summed E-state index contributed by atoms with van der Waals surface area (Å²) in [4.78, 5) is 12.7. The van der Waals surface area contributed by atoms with Gasteiger partial charge in [0.15, 0.2) is 0 Å². The molecule has 0 spiro atoms. The number of fused-ring (bicyclic) bond motifs is 2. The standard InChI is InChI=1S/C19H34O3/c1-8-16(4,5)14(20)22-19-10-15(2,3)9-17(6,12-19)11-18(7,21)13-19/h21H,8-13H2,1-7H3. The van der Waals surface area contributed by atoms with Gasteiger partial charge in [-0.05, 0) is 63.7 Å². The molecule has 2 bridgehead atoms. The van der Waals surface area contributed by atoms with E-state index in [0.717, 1.165) is 32.1 Å². The first-order valence-electron chi connectivity index (χ1n) is 8.68. The van der Waals surface area contributed by atoms with Crippen molar-refractivity contribution >= 4 is 5.97 Å². The molecule has 22 heavy (non-hydrogen) atoms. The molecule has 2 aliphatic rings. The maximum Gasteiger partial charge on any atom is 0.312 e. The minimum atomic E-state index is -0.750. The average Bonchev–Trinajstić information content (AvgIpc) is 2.20. The summed E-state index contributed by atoms with van der Waals surface area (Å²) in [6, 6.07) is 0. The lowest BCUT2D eigenvalue weighted by Crippen LogP contribution is -2.59. The van der Waals surface area contributed by atoms with Gasteiger partial charge in [0.1, 0.15) is 5.60 Å². The van der Waals surface area contributed by atoms with Crippen LogP contribution in [0.3, 0.4) is 0 Å².